The number of rotatable bonds is 4. The van der Waals surface area contributed by atoms with Gasteiger partial charge in [0, 0.05) is 37.9 Å². The Morgan fingerprint density at radius 3 is 2.75 bits per heavy atom. The molecule has 2 aromatic heterocycles. The lowest BCUT2D eigenvalue weighted by molar-refractivity contribution is 0.898. The molecule has 0 aliphatic carbocycles. The van der Waals surface area contributed by atoms with Gasteiger partial charge in [-0.25, -0.2) is 4.98 Å². The van der Waals surface area contributed by atoms with Crippen LogP contribution in [-0.4, -0.2) is 17.0 Å². The van der Waals surface area contributed by atoms with Crippen LogP contribution in [0.15, 0.2) is 29.9 Å². The summed E-state index contributed by atoms with van der Waals surface area (Å²) in [5, 5.41) is 3.00. The van der Waals surface area contributed by atoms with Gasteiger partial charge in [0.05, 0.1) is 5.69 Å². The van der Waals surface area contributed by atoms with Gasteiger partial charge in [0.25, 0.3) is 0 Å². The highest BCUT2D eigenvalue weighted by molar-refractivity contribution is 7.13. The molecule has 0 atom stereocenters. The summed E-state index contributed by atoms with van der Waals surface area (Å²) < 4.78 is 0. The molecule has 0 amide bonds. The summed E-state index contributed by atoms with van der Waals surface area (Å²) in [6, 6.07) is 4.02. The van der Waals surface area contributed by atoms with Crippen molar-refractivity contribution in [3.8, 4) is 0 Å². The zero-order valence-corrected chi connectivity index (χ0v) is 9.94. The molecule has 0 aromatic carbocycles. The minimum Gasteiger partial charge on any atom is -0.347 e. The summed E-state index contributed by atoms with van der Waals surface area (Å²) in [6.07, 6.45) is 3.60. The minimum atomic E-state index is 0.500. The van der Waals surface area contributed by atoms with Crippen molar-refractivity contribution in [3.63, 3.8) is 0 Å². The fraction of sp³-hybridized carbons (Fsp3) is 0.273. The van der Waals surface area contributed by atoms with Gasteiger partial charge in [0.2, 0.25) is 0 Å². The summed E-state index contributed by atoms with van der Waals surface area (Å²) in [6.45, 7) is 1.33. The molecule has 4 nitrogen and oxygen atoms in total. The number of nitrogens with two attached hydrogens (primary N) is 1. The van der Waals surface area contributed by atoms with Gasteiger partial charge in [0.15, 0.2) is 5.13 Å². The summed E-state index contributed by atoms with van der Waals surface area (Å²) >= 11 is 1.62. The van der Waals surface area contributed by atoms with E-state index in [1.54, 1.807) is 23.7 Å². The van der Waals surface area contributed by atoms with Crippen LogP contribution in [0.4, 0.5) is 5.13 Å². The number of hydrogen-bond donors (Lipinski definition) is 1. The van der Waals surface area contributed by atoms with Crippen LogP contribution < -0.4 is 10.6 Å². The van der Waals surface area contributed by atoms with Crippen molar-refractivity contribution in [2.45, 2.75) is 13.1 Å². The van der Waals surface area contributed by atoms with Gasteiger partial charge < -0.3 is 10.6 Å². The van der Waals surface area contributed by atoms with Gasteiger partial charge in [-0.1, -0.05) is 0 Å². The molecule has 2 aromatic rings. The average Bonchev–Trinajstić information content (AvgIpc) is 2.79. The van der Waals surface area contributed by atoms with Crippen molar-refractivity contribution in [1.82, 2.24) is 9.97 Å². The van der Waals surface area contributed by atoms with Crippen LogP contribution in [0.1, 0.15) is 11.3 Å². The van der Waals surface area contributed by atoms with Crippen LogP contribution in [0, 0.1) is 0 Å². The minimum absolute atomic E-state index is 0.500. The third kappa shape index (κ3) is 2.56. The summed E-state index contributed by atoms with van der Waals surface area (Å²) in [7, 11) is 2.03. The number of nitrogens with zero attached hydrogens (tertiary/aromatic N) is 3. The Kier molecular flexibility index (Phi) is 3.48. The molecule has 0 aliphatic heterocycles. The van der Waals surface area contributed by atoms with Gasteiger partial charge in [-0.05, 0) is 17.7 Å². The summed E-state index contributed by atoms with van der Waals surface area (Å²) in [4.78, 5) is 10.5. The van der Waals surface area contributed by atoms with E-state index in [9.17, 15) is 0 Å². The zero-order chi connectivity index (χ0) is 11.4. The zero-order valence-electron chi connectivity index (χ0n) is 9.13. The Hall–Kier alpha value is -1.46. The highest BCUT2D eigenvalue weighted by Crippen LogP contribution is 2.20. The standard InChI is InChI=1S/C11H14N4S/c1-15(7-9-2-4-13-5-3-9)11-14-10(6-12)8-16-11/h2-5,8H,6-7,12H2,1H3. The molecule has 0 saturated heterocycles. The normalized spacial score (nSPS) is 10.4. The molecule has 0 spiro atoms. The number of thiazole rings is 1. The van der Waals surface area contributed by atoms with Crippen molar-refractivity contribution < 1.29 is 0 Å². The topological polar surface area (TPSA) is 55.0 Å². The average molecular weight is 234 g/mol. The fourth-order valence-electron chi connectivity index (χ4n) is 1.40. The highest BCUT2D eigenvalue weighted by atomic mass is 32.1. The first kappa shape index (κ1) is 11.0. The number of hydrogen-bond acceptors (Lipinski definition) is 5. The van der Waals surface area contributed by atoms with Crippen LogP contribution in [-0.2, 0) is 13.1 Å². The van der Waals surface area contributed by atoms with Gasteiger partial charge in [-0.2, -0.15) is 0 Å². The summed E-state index contributed by atoms with van der Waals surface area (Å²) in [5.41, 5.74) is 7.70. The number of pyridine rings is 1. The highest BCUT2D eigenvalue weighted by Gasteiger charge is 2.06. The third-order valence-electron chi connectivity index (χ3n) is 2.24. The van der Waals surface area contributed by atoms with Gasteiger partial charge in [0.1, 0.15) is 0 Å². The predicted octanol–water partition coefficient (Wildman–Crippen LogP) is 1.63. The number of aromatic nitrogens is 2. The molecule has 16 heavy (non-hydrogen) atoms. The quantitative estimate of drug-likeness (QED) is 0.873. The van der Waals surface area contributed by atoms with Crippen LogP contribution in [0.2, 0.25) is 0 Å². The maximum absolute atomic E-state index is 5.53. The Morgan fingerprint density at radius 1 is 1.38 bits per heavy atom. The van der Waals surface area contributed by atoms with E-state index in [2.05, 4.69) is 14.9 Å². The molecule has 5 heteroatoms. The second-order valence-electron chi connectivity index (χ2n) is 3.54. The first-order valence-electron chi connectivity index (χ1n) is 5.04. The lowest BCUT2D eigenvalue weighted by Crippen LogP contribution is -2.16. The molecule has 0 fully saturated rings. The molecule has 2 N–H and O–H groups in total. The van der Waals surface area contributed by atoms with Crippen LogP contribution in [0.25, 0.3) is 0 Å². The lowest BCUT2D eigenvalue weighted by atomic mass is 10.2. The van der Waals surface area contributed by atoms with E-state index in [1.165, 1.54) is 5.56 Å². The maximum atomic E-state index is 5.53. The van der Waals surface area contributed by atoms with Crippen molar-refractivity contribution in [2.24, 2.45) is 5.73 Å². The second-order valence-corrected chi connectivity index (χ2v) is 4.37. The van der Waals surface area contributed by atoms with Crippen LogP contribution >= 0.6 is 11.3 Å². The molecule has 0 saturated carbocycles. The maximum Gasteiger partial charge on any atom is 0.185 e. The van der Waals surface area contributed by atoms with Crippen molar-refractivity contribution >= 4 is 16.5 Å². The van der Waals surface area contributed by atoms with Crippen LogP contribution in [0.5, 0.6) is 0 Å². The van der Waals surface area contributed by atoms with Crippen molar-refractivity contribution in [3.05, 3.63) is 41.2 Å². The van der Waals surface area contributed by atoms with Gasteiger partial charge >= 0.3 is 0 Å². The van der Waals surface area contributed by atoms with E-state index in [0.717, 1.165) is 17.4 Å². The van der Waals surface area contributed by atoms with Crippen LogP contribution in [0.3, 0.4) is 0 Å². The van der Waals surface area contributed by atoms with E-state index < -0.39 is 0 Å². The largest absolute Gasteiger partial charge is 0.347 e. The fourth-order valence-corrected chi connectivity index (χ4v) is 2.20. The molecular formula is C11H14N4S. The molecular weight excluding hydrogens is 220 g/mol. The Bertz CT molecular complexity index is 440. The molecule has 2 heterocycles. The molecule has 0 bridgehead atoms. The molecule has 84 valence electrons. The van der Waals surface area contributed by atoms with Crippen molar-refractivity contribution in [1.29, 1.82) is 0 Å². The molecule has 0 aliphatic rings. The smallest absolute Gasteiger partial charge is 0.185 e. The number of anilines is 1. The Balaban J connectivity index is 2.05. The Morgan fingerprint density at radius 2 is 2.12 bits per heavy atom. The third-order valence-corrected chi connectivity index (χ3v) is 3.25. The van der Waals surface area contributed by atoms with E-state index in [4.69, 9.17) is 5.73 Å². The monoisotopic (exact) mass is 234 g/mol. The molecule has 0 radical (unpaired) electrons. The predicted molar refractivity (Wildman–Crippen MR) is 66.3 cm³/mol. The Labute approximate surface area is 98.8 Å². The summed E-state index contributed by atoms with van der Waals surface area (Å²) in [5.74, 6) is 0. The molecule has 2 rings (SSSR count). The van der Waals surface area contributed by atoms with Gasteiger partial charge in [-0.15, -0.1) is 11.3 Å². The second kappa shape index (κ2) is 5.05. The molecule has 0 unspecified atom stereocenters. The van der Waals surface area contributed by atoms with E-state index in [0.29, 0.717) is 6.54 Å². The first-order chi connectivity index (χ1) is 7.79. The van der Waals surface area contributed by atoms with E-state index in [1.807, 2.05) is 24.6 Å². The van der Waals surface area contributed by atoms with Crippen molar-refractivity contribution in [2.75, 3.05) is 11.9 Å². The van der Waals surface area contributed by atoms with Gasteiger partial charge in [-0.3, -0.25) is 4.98 Å². The van der Waals surface area contributed by atoms with E-state index >= 15 is 0 Å². The first-order valence-corrected chi connectivity index (χ1v) is 5.92. The van der Waals surface area contributed by atoms with E-state index in [-0.39, 0.29) is 0 Å². The lowest BCUT2D eigenvalue weighted by Gasteiger charge is -2.15. The SMILES string of the molecule is CN(Cc1ccncc1)c1nc(CN)cs1.